The number of urea groups is 1. The molecule has 126 valence electrons. The summed E-state index contributed by atoms with van der Waals surface area (Å²) in [6.07, 6.45) is 2.26. The average Bonchev–Trinajstić information content (AvgIpc) is 3.24. The quantitative estimate of drug-likeness (QED) is 0.766. The van der Waals surface area contributed by atoms with Crippen molar-refractivity contribution in [3.05, 3.63) is 47.1 Å². The maximum Gasteiger partial charge on any atom is 0.319 e. The number of nitrogens with one attached hydrogen (secondary N) is 2. The highest BCUT2D eigenvalue weighted by Crippen LogP contribution is 2.32. The maximum absolute atomic E-state index is 12.1. The second-order valence-corrected chi connectivity index (χ2v) is 6.68. The SMILES string of the molecule is NC(=O)c1ncc(NC(=O)NCC2(c3ccccc3)CCOC2)s1. The number of rotatable bonds is 5. The van der Waals surface area contributed by atoms with Crippen molar-refractivity contribution in [2.24, 2.45) is 5.73 Å². The van der Waals surface area contributed by atoms with Gasteiger partial charge in [-0.25, -0.2) is 9.78 Å². The Morgan fingerprint density at radius 3 is 2.75 bits per heavy atom. The highest BCUT2D eigenvalue weighted by atomic mass is 32.1. The monoisotopic (exact) mass is 346 g/mol. The summed E-state index contributed by atoms with van der Waals surface area (Å²) >= 11 is 1.04. The van der Waals surface area contributed by atoms with E-state index >= 15 is 0 Å². The summed E-state index contributed by atoms with van der Waals surface area (Å²) in [6, 6.07) is 9.69. The number of hydrogen-bond acceptors (Lipinski definition) is 5. The molecule has 8 heteroatoms. The zero-order valence-corrected chi connectivity index (χ0v) is 13.8. The first-order valence-electron chi connectivity index (χ1n) is 7.53. The molecule has 1 fully saturated rings. The minimum absolute atomic E-state index is 0.162. The van der Waals surface area contributed by atoms with Crippen LogP contribution < -0.4 is 16.4 Å². The van der Waals surface area contributed by atoms with Gasteiger partial charge < -0.3 is 15.8 Å². The van der Waals surface area contributed by atoms with Crippen molar-refractivity contribution >= 4 is 28.3 Å². The first kappa shape index (κ1) is 16.4. The van der Waals surface area contributed by atoms with E-state index in [2.05, 4.69) is 27.8 Å². The number of carbonyl (C=O) groups is 2. The third kappa shape index (κ3) is 3.55. The van der Waals surface area contributed by atoms with Crippen LogP contribution in [0, 0.1) is 0 Å². The van der Waals surface area contributed by atoms with Gasteiger partial charge in [0.05, 0.1) is 12.8 Å². The molecule has 0 saturated carbocycles. The van der Waals surface area contributed by atoms with Crippen LogP contribution in [0.4, 0.5) is 9.80 Å². The molecule has 1 unspecified atom stereocenters. The van der Waals surface area contributed by atoms with Crippen LogP contribution in [0.25, 0.3) is 0 Å². The molecular formula is C16H18N4O3S. The van der Waals surface area contributed by atoms with Crippen LogP contribution >= 0.6 is 11.3 Å². The van der Waals surface area contributed by atoms with E-state index in [1.807, 2.05) is 18.2 Å². The van der Waals surface area contributed by atoms with E-state index in [0.717, 1.165) is 23.3 Å². The second kappa shape index (κ2) is 6.98. The van der Waals surface area contributed by atoms with E-state index in [4.69, 9.17) is 10.5 Å². The van der Waals surface area contributed by atoms with Crippen molar-refractivity contribution in [3.63, 3.8) is 0 Å². The predicted molar refractivity (Wildman–Crippen MR) is 91.2 cm³/mol. The van der Waals surface area contributed by atoms with E-state index in [0.29, 0.717) is 24.8 Å². The zero-order valence-electron chi connectivity index (χ0n) is 13.0. The van der Waals surface area contributed by atoms with Crippen LogP contribution in [-0.4, -0.2) is 36.7 Å². The van der Waals surface area contributed by atoms with Crippen LogP contribution in [0.5, 0.6) is 0 Å². The highest BCUT2D eigenvalue weighted by Gasteiger charge is 2.37. The summed E-state index contributed by atoms with van der Waals surface area (Å²) in [4.78, 5) is 27.0. The van der Waals surface area contributed by atoms with Gasteiger partial charge in [0.2, 0.25) is 0 Å². The molecular weight excluding hydrogens is 328 g/mol. The number of nitrogens with two attached hydrogens (primary N) is 1. The van der Waals surface area contributed by atoms with Gasteiger partial charge in [-0.3, -0.25) is 10.1 Å². The summed E-state index contributed by atoms with van der Waals surface area (Å²) in [6.45, 7) is 1.71. The number of amides is 3. The Labute approximate surface area is 143 Å². The average molecular weight is 346 g/mol. The molecule has 0 spiro atoms. The summed E-state index contributed by atoms with van der Waals surface area (Å²) in [7, 11) is 0. The van der Waals surface area contributed by atoms with E-state index in [9.17, 15) is 9.59 Å². The lowest BCUT2D eigenvalue weighted by molar-refractivity contribution is 0.1000. The second-order valence-electron chi connectivity index (χ2n) is 5.65. The lowest BCUT2D eigenvalue weighted by Crippen LogP contribution is -2.42. The number of thiazole rings is 1. The van der Waals surface area contributed by atoms with Crippen LogP contribution in [0.3, 0.4) is 0 Å². The molecule has 3 amide bonds. The molecule has 3 rings (SSSR count). The van der Waals surface area contributed by atoms with Crippen LogP contribution in [0.15, 0.2) is 36.5 Å². The van der Waals surface area contributed by atoms with Crippen molar-refractivity contribution in [1.29, 1.82) is 0 Å². The summed E-state index contributed by atoms with van der Waals surface area (Å²) in [5, 5.41) is 6.18. The fourth-order valence-electron chi connectivity index (χ4n) is 2.72. The topological polar surface area (TPSA) is 106 Å². The Morgan fingerprint density at radius 2 is 2.12 bits per heavy atom. The Morgan fingerprint density at radius 1 is 1.33 bits per heavy atom. The van der Waals surface area contributed by atoms with Gasteiger partial charge in [-0.1, -0.05) is 41.7 Å². The van der Waals surface area contributed by atoms with Crippen molar-refractivity contribution in [1.82, 2.24) is 10.3 Å². The summed E-state index contributed by atoms with van der Waals surface area (Å²) < 4.78 is 5.56. The predicted octanol–water partition coefficient (Wildman–Crippen LogP) is 1.72. The third-order valence-electron chi connectivity index (χ3n) is 4.03. The van der Waals surface area contributed by atoms with Crippen molar-refractivity contribution in [2.45, 2.75) is 11.8 Å². The number of hydrogen-bond donors (Lipinski definition) is 3. The minimum Gasteiger partial charge on any atom is -0.380 e. The standard InChI is InChI=1S/C16H18N4O3S/c17-13(21)14-18-8-12(24-14)20-15(22)19-9-16(6-7-23-10-16)11-4-2-1-3-5-11/h1-5,8H,6-7,9-10H2,(H2,17,21)(H2,19,20,22). The molecule has 4 N–H and O–H groups in total. The number of nitrogens with zero attached hydrogens (tertiary/aromatic N) is 1. The number of anilines is 1. The lowest BCUT2D eigenvalue weighted by Gasteiger charge is -2.28. The smallest absolute Gasteiger partial charge is 0.319 e. The van der Waals surface area contributed by atoms with E-state index in [-0.39, 0.29) is 16.5 Å². The van der Waals surface area contributed by atoms with Crippen molar-refractivity contribution in [2.75, 3.05) is 25.1 Å². The normalized spacial score (nSPS) is 19.8. The van der Waals surface area contributed by atoms with E-state index in [1.54, 1.807) is 0 Å². The molecule has 1 aliphatic rings. The molecule has 0 bridgehead atoms. The van der Waals surface area contributed by atoms with Gasteiger partial charge in [0, 0.05) is 18.6 Å². The Bertz CT molecular complexity index is 726. The van der Waals surface area contributed by atoms with Gasteiger partial charge in [0.25, 0.3) is 5.91 Å². The molecule has 1 aromatic heterocycles. The number of ether oxygens (including phenoxy) is 1. The Kier molecular flexibility index (Phi) is 4.77. The highest BCUT2D eigenvalue weighted by molar-refractivity contribution is 7.17. The maximum atomic E-state index is 12.1. The fourth-order valence-corrected chi connectivity index (χ4v) is 3.38. The van der Waals surface area contributed by atoms with E-state index in [1.165, 1.54) is 6.20 Å². The molecule has 1 aliphatic heterocycles. The van der Waals surface area contributed by atoms with Gasteiger partial charge in [-0.2, -0.15) is 0 Å². The van der Waals surface area contributed by atoms with E-state index < -0.39 is 5.91 Å². The lowest BCUT2D eigenvalue weighted by atomic mass is 9.80. The number of benzene rings is 1. The first-order chi connectivity index (χ1) is 11.6. The fraction of sp³-hybridized carbons (Fsp3) is 0.312. The van der Waals surface area contributed by atoms with Crippen LogP contribution in [0.1, 0.15) is 21.8 Å². The molecule has 24 heavy (non-hydrogen) atoms. The van der Waals surface area contributed by atoms with Gasteiger partial charge in [0.15, 0.2) is 5.01 Å². The number of aromatic nitrogens is 1. The molecule has 1 atom stereocenters. The molecule has 2 heterocycles. The third-order valence-corrected chi connectivity index (χ3v) is 4.96. The summed E-state index contributed by atoms with van der Waals surface area (Å²) in [5.41, 5.74) is 6.08. The van der Waals surface area contributed by atoms with Gasteiger partial charge in [-0.15, -0.1) is 0 Å². The Balaban J connectivity index is 1.62. The molecule has 1 aromatic carbocycles. The minimum atomic E-state index is -0.611. The molecule has 2 aromatic rings. The van der Waals surface area contributed by atoms with Crippen molar-refractivity contribution in [3.8, 4) is 0 Å². The molecule has 0 aliphatic carbocycles. The number of primary amides is 1. The molecule has 7 nitrogen and oxygen atoms in total. The summed E-state index contributed by atoms with van der Waals surface area (Å²) in [5.74, 6) is -0.611. The van der Waals surface area contributed by atoms with Gasteiger partial charge in [-0.05, 0) is 12.0 Å². The van der Waals surface area contributed by atoms with Crippen LogP contribution in [0.2, 0.25) is 0 Å². The Hall–Kier alpha value is -2.45. The van der Waals surface area contributed by atoms with Crippen LogP contribution in [-0.2, 0) is 10.2 Å². The largest absolute Gasteiger partial charge is 0.380 e. The van der Waals surface area contributed by atoms with Gasteiger partial charge in [0.1, 0.15) is 5.00 Å². The first-order valence-corrected chi connectivity index (χ1v) is 8.34. The molecule has 1 saturated heterocycles. The van der Waals surface area contributed by atoms with Crippen molar-refractivity contribution < 1.29 is 14.3 Å². The van der Waals surface area contributed by atoms with Gasteiger partial charge >= 0.3 is 6.03 Å². The molecule has 0 radical (unpaired) electrons. The zero-order chi connectivity index (χ0) is 17.0. The number of carbonyl (C=O) groups excluding carboxylic acids is 2.